The molecule has 2 aliphatic heterocycles. The molecule has 0 aliphatic carbocycles. The van der Waals surface area contributed by atoms with E-state index >= 15 is 0 Å². The molecule has 3 rings (SSSR count). The van der Waals surface area contributed by atoms with Crippen LogP contribution in [0.4, 0.5) is 4.39 Å². The van der Waals surface area contributed by atoms with Crippen molar-refractivity contribution < 1.29 is 23.9 Å². The molecule has 0 radical (unpaired) electrons. The molecule has 0 unspecified atom stereocenters. The zero-order valence-electron chi connectivity index (χ0n) is 14.6. The molecule has 1 aromatic carbocycles. The number of benzene rings is 1. The van der Waals surface area contributed by atoms with Gasteiger partial charge in [0.1, 0.15) is 5.82 Å². The molecule has 2 amide bonds. The van der Waals surface area contributed by atoms with E-state index in [-0.39, 0.29) is 29.8 Å². The van der Waals surface area contributed by atoms with Gasteiger partial charge in [0.15, 0.2) is 0 Å². The van der Waals surface area contributed by atoms with Crippen LogP contribution in [-0.2, 0) is 9.59 Å². The molecule has 0 bridgehead atoms. The number of likely N-dealkylation sites (tertiary alicyclic amines) is 2. The Morgan fingerprint density at radius 2 is 1.65 bits per heavy atom. The normalized spacial score (nSPS) is 21.5. The average Bonchev–Trinajstić information content (AvgIpc) is 2.67. The fourth-order valence-corrected chi connectivity index (χ4v) is 3.77. The lowest BCUT2D eigenvalue weighted by Gasteiger charge is -2.37. The zero-order valence-corrected chi connectivity index (χ0v) is 14.6. The summed E-state index contributed by atoms with van der Waals surface area (Å²) in [7, 11) is 0. The number of piperidine rings is 2. The van der Waals surface area contributed by atoms with Gasteiger partial charge in [-0.05, 0) is 37.8 Å². The van der Waals surface area contributed by atoms with Crippen molar-refractivity contribution in [3.63, 3.8) is 0 Å². The Labute approximate surface area is 151 Å². The topological polar surface area (TPSA) is 77.9 Å². The molecule has 26 heavy (non-hydrogen) atoms. The Kier molecular flexibility index (Phi) is 5.54. The van der Waals surface area contributed by atoms with Gasteiger partial charge in [0.2, 0.25) is 5.91 Å². The summed E-state index contributed by atoms with van der Waals surface area (Å²) < 4.78 is 13.8. The number of halogens is 1. The summed E-state index contributed by atoms with van der Waals surface area (Å²) in [6.07, 6.45) is 2.35. The van der Waals surface area contributed by atoms with Crippen molar-refractivity contribution in [1.82, 2.24) is 9.80 Å². The maximum atomic E-state index is 13.8. The van der Waals surface area contributed by atoms with Gasteiger partial charge in [0.25, 0.3) is 5.91 Å². The number of aliphatic carboxylic acids is 1. The number of rotatable bonds is 3. The third-order valence-electron chi connectivity index (χ3n) is 5.32. The molecular weight excluding hydrogens is 339 g/mol. The minimum absolute atomic E-state index is 0.0195. The third kappa shape index (κ3) is 3.86. The van der Waals surface area contributed by atoms with Crippen LogP contribution in [0.5, 0.6) is 0 Å². The molecule has 6 nitrogen and oxygen atoms in total. The quantitative estimate of drug-likeness (QED) is 0.892. The van der Waals surface area contributed by atoms with Crippen LogP contribution >= 0.6 is 0 Å². The Balaban J connectivity index is 1.56. The van der Waals surface area contributed by atoms with Crippen LogP contribution in [0.2, 0.25) is 0 Å². The van der Waals surface area contributed by atoms with Crippen LogP contribution in [0.25, 0.3) is 0 Å². The van der Waals surface area contributed by atoms with Crippen molar-refractivity contribution in [1.29, 1.82) is 0 Å². The highest BCUT2D eigenvalue weighted by molar-refractivity contribution is 5.94. The molecule has 0 spiro atoms. The van der Waals surface area contributed by atoms with Crippen LogP contribution in [0, 0.1) is 17.7 Å². The smallest absolute Gasteiger partial charge is 0.308 e. The minimum Gasteiger partial charge on any atom is -0.481 e. The van der Waals surface area contributed by atoms with E-state index in [9.17, 15) is 18.8 Å². The fourth-order valence-electron chi connectivity index (χ4n) is 3.77. The Hall–Kier alpha value is -2.44. The lowest BCUT2D eigenvalue weighted by molar-refractivity contribution is -0.147. The molecule has 2 saturated heterocycles. The van der Waals surface area contributed by atoms with E-state index in [1.54, 1.807) is 21.9 Å². The Morgan fingerprint density at radius 3 is 2.31 bits per heavy atom. The second-order valence-electron chi connectivity index (χ2n) is 7.01. The lowest BCUT2D eigenvalue weighted by atomic mass is 9.92. The first-order chi connectivity index (χ1) is 12.5. The highest BCUT2D eigenvalue weighted by Crippen LogP contribution is 2.25. The molecule has 1 aromatic rings. The summed E-state index contributed by atoms with van der Waals surface area (Å²) in [5.41, 5.74) is 0.0533. The highest BCUT2D eigenvalue weighted by atomic mass is 19.1. The van der Waals surface area contributed by atoms with Gasteiger partial charge in [-0.2, -0.15) is 0 Å². The van der Waals surface area contributed by atoms with Crippen molar-refractivity contribution in [2.45, 2.75) is 25.7 Å². The molecule has 1 N–H and O–H groups in total. The van der Waals surface area contributed by atoms with Crippen molar-refractivity contribution in [3.05, 3.63) is 35.6 Å². The monoisotopic (exact) mass is 362 g/mol. The number of hydrogen-bond donors (Lipinski definition) is 1. The van der Waals surface area contributed by atoms with E-state index in [0.717, 1.165) is 0 Å². The molecule has 0 saturated carbocycles. The number of carboxylic acids is 1. The number of nitrogens with zero attached hydrogens (tertiary/aromatic N) is 2. The van der Waals surface area contributed by atoms with Gasteiger partial charge >= 0.3 is 5.97 Å². The summed E-state index contributed by atoms with van der Waals surface area (Å²) in [5.74, 6) is -2.45. The van der Waals surface area contributed by atoms with Gasteiger partial charge in [0.05, 0.1) is 11.5 Å². The molecule has 0 aromatic heterocycles. The standard InChI is InChI=1S/C19H23FN2O4/c20-16-6-2-1-5-15(16)18(24)21-10-7-13(8-11-21)17(23)22-9-3-4-14(12-22)19(25)26/h1-2,5-6,13-14H,3-4,7-12H2,(H,25,26)/t14-/m0/s1. The van der Waals surface area contributed by atoms with Crippen LogP contribution in [0.15, 0.2) is 24.3 Å². The maximum Gasteiger partial charge on any atom is 0.308 e. The fraction of sp³-hybridized carbons (Fsp3) is 0.526. The van der Waals surface area contributed by atoms with Crippen LogP contribution in [0.3, 0.4) is 0 Å². The molecule has 7 heteroatoms. The summed E-state index contributed by atoms with van der Waals surface area (Å²) in [6, 6.07) is 5.90. The van der Waals surface area contributed by atoms with Crippen molar-refractivity contribution in [2.75, 3.05) is 26.2 Å². The molecular formula is C19H23FN2O4. The lowest BCUT2D eigenvalue weighted by Crippen LogP contribution is -2.48. The van der Waals surface area contributed by atoms with Gasteiger partial charge in [-0.15, -0.1) is 0 Å². The van der Waals surface area contributed by atoms with E-state index in [2.05, 4.69) is 0 Å². The number of hydrogen-bond acceptors (Lipinski definition) is 3. The maximum absolute atomic E-state index is 13.8. The van der Waals surface area contributed by atoms with Gasteiger partial charge in [-0.1, -0.05) is 12.1 Å². The number of amides is 2. The molecule has 2 heterocycles. The largest absolute Gasteiger partial charge is 0.481 e. The van der Waals surface area contributed by atoms with Gasteiger partial charge < -0.3 is 14.9 Å². The highest BCUT2D eigenvalue weighted by Gasteiger charge is 2.34. The minimum atomic E-state index is -0.854. The first kappa shape index (κ1) is 18.4. The Morgan fingerprint density at radius 1 is 0.962 bits per heavy atom. The van der Waals surface area contributed by atoms with E-state index in [0.29, 0.717) is 45.3 Å². The van der Waals surface area contributed by atoms with Crippen molar-refractivity contribution in [3.8, 4) is 0 Å². The summed E-state index contributed by atoms with van der Waals surface area (Å²) >= 11 is 0. The molecule has 140 valence electrons. The van der Waals surface area contributed by atoms with Gasteiger partial charge in [-0.3, -0.25) is 14.4 Å². The third-order valence-corrected chi connectivity index (χ3v) is 5.32. The summed E-state index contributed by atoms with van der Waals surface area (Å²) in [4.78, 5) is 39.5. The average molecular weight is 362 g/mol. The molecule has 2 aliphatic rings. The number of carbonyl (C=O) groups is 3. The van der Waals surface area contributed by atoms with Crippen LogP contribution in [0.1, 0.15) is 36.0 Å². The van der Waals surface area contributed by atoms with E-state index in [4.69, 9.17) is 5.11 Å². The summed E-state index contributed by atoms with van der Waals surface area (Å²) in [5, 5.41) is 9.16. The number of carboxylic acid groups (broad SMARTS) is 1. The molecule has 1 atom stereocenters. The van der Waals surface area contributed by atoms with Crippen molar-refractivity contribution >= 4 is 17.8 Å². The van der Waals surface area contributed by atoms with Gasteiger partial charge in [0, 0.05) is 32.1 Å². The number of carbonyl (C=O) groups excluding carboxylic acids is 2. The summed E-state index contributed by atoms with van der Waals surface area (Å²) in [6.45, 7) is 1.67. The predicted octanol–water partition coefficient (Wildman–Crippen LogP) is 2.00. The Bertz CT molecular complexity index is 701. The first-order valence-corrected chi connectivity index (χ1v) is 9.02. The van der Waals surface area contributed by atoms with Gasteiger partial charge in [-0.25, -0.2) is 4.39 Å². The van der Waals surface area contributed by atoms with Crippen LogP contribution in [-0.4, -0.2) is 58.9 Å². The van der Waals surface area contributed by atoms with E-state index in [1.165, 1.54) is 12.1 Å². The van der Waals surface area contributed by atoms with E-state index in [1.807, 2.05) is 0 Å². The molecule has 2 fully saturated rings. The zero-order chi connectivity index (χ0) is 18.7. The first-order valence-electron chi connectivity index (χ1n) is 9.02. The van der Waals surface area contributed by atoms with Crippen molar-refractivity contribution in [2.24, 2.45) is 11.8 Å². The van der Waals surface area contributed by atoms with Crippen LogP contribution < -0.4 is 0 Å². The second kappa shape index (κ2) is 7.85. The second-order valence-corrected chi connectivity index (χ2v) is 7.01. The van der Waals surface area contributed by atoms with E-state index < -0.39 is 17.7 Å². The SMILES string of the molecule is O=C(O)[C@H]1CCCN(C(=O)C2CCN(C(=O)c3ccccc3F)CC2)C1. The predicted molar refractivity (Wildman–Crippen MR) is 92.0 cm³/mol.